The van der Waals surface area contributed by atoms with Gasteiger partial charge in [0, 0.05) is 12.1 Å². The Kier molecular flexibility index (Phi) is 7.67. The first kappa shape index (κ1) is 17.9. The SMILES string of the molecule is COC(=O)[C@H]1CCCC[C@H]1N.N[C@@H]1CCCC[C@@H]1C(=O)O. The number of ether oxygens (including phenoxy) is 1. The minimum absolute atomic E-state index is 0.0243. The van der Waals surface area contributed by atoms with E-state index in [0.29, 0.717) is 0 Å². The Morgan fingerprint density at radius 1 is 0.905 bits per heavy atom. The van der Waals surface area contributed by atoms with Gasteiger partial charge in [-0.2, -0.15) is 0 Å². The number of nitrogens with two attached hydrogens (primary N) is 2. The number of hydrogen-bond acceptors (Lipinski definition) is 5. The number of methoxy groups -OCH3 is 1. The number of esters is 1. The van der Waals surface area contributed by atoms with Gasteiger partial charge in [-0.05, 0) is 25.7 Å². The standard InChI is InChI=1S/C8H15NO2.C7H13NO2/c1-11-8(10)6-4-2-3-5-7(6)9;8-6-4-2-1-3-5(6)7(9)10/h6-7H,2-5,9H2,1H3;5-6H,1-4,8H2,(H,9,10)/t6-,7+;5-,6+/m00/s1. The quantitative estimate of drug-likeness (QED) is 0.661. The topological polar surface area (TPSA) is 116 Å². The molecule has 21 heavy (non-hydrogen) atoms. The molecule has 0 bridgehead atoms. The second kappa shape index (κ2) is 9.00. The smallest absolute Gasteiger partial charge is 0.310 e. The molecule has 0 saturated heterocycles. The van der Waals surface area contributed by atoms with Gasteiger partial charge < -0.3 is 21.3 Å². The van der Waals surface area contributed by atoms with Crippen molar-refractivity contribution in [3.05, 3.63) is 0 Å². The minimum atomic E-state index is -0.729. The van der Waals surface area contributed by atoms with Gasteiger partial charge in [-0.3, -0.25) is 9.59 Å². The molecule has 122 valence electrons. The van der Waals surface area contributed by atoms with Crippen LogP contribution >= 0.6 is 0 Å². The van der Waals surface area contributed by atoms with Crippen molar-refractivity contribution in [2.24, 2.45) is 23.3 Å². The second-order valence-electron chi connectivity index (χ2n) is 5.97. The summed E-state index contributed by atoms with van der Waals surface area (Å²) in [5.41, 5.74) is 11.4. The fourth-order valence-electron chi connectivity index (χ4n) is 3.07. The van der Waals surface area contributed by atoms with Gasteiger partial charge in [0.25, 0.3) is 0 Å². The number of carboxylic acid groups (broad SMARTS) is 1. The number of hydrogen-bond donors (Lipinski definition) is 3. The van der Waals surface area contributed by atoms with Gasteiger partial charge in [0.1, 0.15) is 0 Å². The predicted octanol–water partition coefficient (Wildman–Crippen LogP) is 1.27. The van der Waals surface area contributed by atoms with Crippen LogP contribution in [0, 0.1) is 11.8 Å². The summed E-state index contributed by atoms with van der Waals surface area (Å²) in [5, 5.41) is 8.63. The summed E-state index contributed by atoms with van der Waals surface area (Å²) in [4.78, 5) is 21.6. The van der Waals surface area contributed by atoms with E-state index in [1.54, 1.807) is 0 Å². The number of carbonyl (C=O) groups is 2. The van der Waals surface area contributed by atoms with E-state index >= 15 is 0 Å². The molecule has 5 N–H and O–H groups in total. The summed E-state index contributed by atoms with van der Waals surface area (Å²) in [6, 6.07) is -0.0811. The molecule has 6 heteroatoms. The Morgan fingerprint density at radius 3 is 1.67 bits per heavy atom. The third-order valence-electron chi connectivity index (χ3n) is 4.46. The van der Waals surface area contributed by atoms with Crippen LogP contribution in [-0.2, 0) is 14.3 Å². The Bertz CT molecular complexity index is 349. The largest absolute Gasteiger partial charge is 0.481 e. The number of rotatable bonds is 2. The molecular weight excluding hydrogens is 272 g/mol. The minimum Gasteiger partial charge on any atom is -0.481 e. The maximum absolute atomic E-state index is 11.1. The summed E-state index contributed by atoms with van der Waals surface area (Å²) in [7, 11) is 1.42. The van der Waals surface area contributed by atoms with E-state index in [4.69, 9.17) is 16.6 Å². The van der Waals surface area contributed by atoms with Crippen LogP contribution in [0.2, 0.25) is 0 Å². The van der Waals surface area contributed by atoms with Crippen molar-refractivity contribution in [3.63, 3.8) is 0 Å². The molecule has 0 aromatic carbocycles. The van der Waals surface area contributed by atoms with E-state index in [-0.39, 0.29) is 29.9 Å². The van der Waals surface area contributed by atoms with Crippen molar-refractivity contribution < 1.29 is 19.4 Å². The average molecular weight is 300 g/mol. The zero-order valence-electron chi connectivity index (χ0n) is 12.8. The molecule has 0 unspecified atom stereocenters. The third kappa shape index (κ3) is 5.63. The van der Waals surface area contributed by atoms with Crippen molar-refractivity contribution in [1.82, 2.24) is 0 Å². The van der Waals surface area contributed by atoms with E-state index in [1.165, 1.54) is 7.11 Å². The van der Waals surface area contributed by atoms with E-state index < -0.39 is 5.97 Å². The lowest BCUT2D eigenvalue weighted by Gasteiger charge is -2.25. The second-order valence-corrected chi connectivity index (χ2v) is 5.97. The van der Waals surface area contributed by atoms with Crippen molar-refractivity contribution in [2.75, 3.05) is 7.11 Å². The van der Waals surface area contributed by atoms with Crippen LogP contribution in [0.15, 0.2) is 0 Å². The summed E-state index contributed by atoms with van der Waals surface area (Å²) < 4.78 is 4.64. The Labute approximate surface area is 126 Å². The molecule has 0 heterocycles. The lowest BCUT2D eigenvalue weighted by Crippen LogP contribution is -2.38. The Hall–Kier alpha value is -1.14. The van der Waals surface area contributed by atoms with Crippen LogP contribution in [0.25, 0.3) is 0 Å². The van der Waals surface area contributed by atoms with E-state index in [9.17, 15) is 9.59 Å². The van der Waals surface area contributed by atoms with Gasteiger partial charge in [-0.15, -0.1) is 0 Å². The van der Waals surface area contributed by atoms with Gasteiger partial charge in [0.05, 0.1) is 18.9 Å². The highest BCUT2D eigenvalue weighted by Crippen LogP contribution is 2.24. The molecular formula is C15H28N2O4. The first-order chi connectivity index (χ1) is 9.97. The van der Waals surface area contributed by atoms with E-state index in [2.05, 4.69) is 4.74 Å². The molecule has 0 spiro atoms. The lowest BCUT2D eigenvalue weighted by molar-refractivity contribution is -0.147. The van der Waals surface area contributed by atoms with E-state index in [0.717, 1.165) is 51.4 Å². The maximum Gasteiger partial charge on any atom is 0.310 e. The summed E-state index contributed by atoms with van der Waals surface area (Å²) >= 11 is 0. The molecule has 6 nitrogen and oxygen atoms in total. The van der Waals surface area contributed by atoms with Crippen molar-refractivity contribution in [2.45, 2.75) is 63.5 Å². The van der Waals surface area contributed by atoms with Crippen LogP contribution in [0.1, 0.15) is 51.4 Å². The molecule has 0 aromatic rings. The zero-order valence-corrected chi connectivity index (χ0v) is 12.8. The molecule has 0 amide bonds. The van der Waals surface area contributed by atoms with Crippen LogP contribution < -0.4 is 11.5 Å². The van der Waals surface area contributed by atoms with Crippen molar-refractivity contribution in [1.29, 1.82) is 0 Å². The van der Waals surface area contributed by atoms with Crippen LogP contribution in [0.4, 0.5) is 0 Å². The highest BCUT2D eigenvalue weighted by atomic mass is 16.5. The normalized spacial score (nSPS) is 32.5. The molecule has 4 atom stereocenters. The summed E-state index contributed by atoms with van der Waals surface area (Å²) in [5.74, 6) is -1.20. The van der Waals surface area contributed by atoms with Gasteiger partial charge in [0.2, 0.25) is 0 Å². The fourth-order valence-corrected chi connectivity index (χ4v) is 3.07. The average Bonchev–Trinajstić information content (AvgIpc) is 2.48. The monoisotopic (exact) mass is 300 g/mol. The molecule has 0 aliphatic heterocycles. The third-order valence-corrected chi connectivity index (χ3v) is 4.46. The highest BCUT2D eigenvalue weighted by Gasteiger charge is 2.28. The molecule has 0 radical (unpaired) electrons. The summed E-state index contributed by atoms with van der Waals surface area (Å²) in [6.45, 7) is 0. The van der Waals surface area contributed by atoms with E-state index in [1.807, 2.05) is 0 Å². The molecule has 2 aliphatic carbocycles. The van der Waals surface area contributed by atoms with Gasteiger partial charge in [0.15, 0.2) is 0 Å². The maximum atomic E-state index is 11.1. The van der Waals surface area contributed by atoms with Crippen LogP contribution in [0.5, 0.6) is 0 Å². The number of carboxylic acids is 1. The van der Waals surface area contributed by atoms with Gasteiger partial charge in [-0.1, -0.05) is 25.7 Å². The lowest BCUT2D eigenvalue weighted by atomic mass is 9.85. The highest BCUT2D eigenvalue weighted by molar-refractivity contribution is 5.73. The first-order valence-corrected chi connectivity index (χ1v) is 7.79. The van der Waals surface area contributed by atoms with Crippen molar-refractivity contribution in [3.8, 4) is 0 Å². The number of carbonyl (C=O) groups excluding carboxylic acids is 1. The van der Waals surface area contributed by atoms with Crippen molar-refractivity contribution >= 4 is 11.9 Å². The first-order valence-electron chi connectivity index (χ1n) is 7.79. The zero-order chi connectivity index (χ0) is 15.8. The molecule has 2 aliphatic rings. The van der Waals surface area contributed by atoms with Crippen LogP contribution in [-0.4, -0.2) is 36.2 Å². The van der Waals surface area contributed by atoms with Gasteiger partial charge in [-0.25, -0.2) is 0 Å². The fraction of sp³-hybridized carbons (Fsp3) is 0.867. The van der Waals surface area contributed by atoms with Crippen LogP contribution in [0.3, 0.4) is 0 Å². The summed E-state index contributed by atoms with van der Waals surface area (Å²) in [6.07, 6.45) is 7.85. The Morgan fingerprint density at radius 2 is 1.33 bits per heavy atom. The predicted molar refractivity (Wildman–Crippen MR) is 79.5 cm³/mol. The number of aliphatic carboxylic acids is 1. The molecule has 2 fully saturated rings. The molecule has 0 aromatic heterocycles. The molecule has 2 saturated carbocycles. The van der Waals surface area contributed by atoms with Gasteiger partial charge >= 0.3 is 11.9 Å². The molecule has 2 rings (SSSR count). The Balaban J connectivity index is 0.000000211.